The fourth-order valence-electron chi connectivity index (χ4n) is 7.37. The van der Waals surface area contributed by atoms with Crippen molar-refractivity contribution in [1.29, 1.82) is 0 Å². The van der Waals surface area contributed by atoms with E-state index in [4.69, 9.17) is 0 Å². The zero-order valence-corrected chi connectivity index (χ0v) is 34.8. The van der Waals surface area contributed by atoms with Gasteiger partial charge in [-0.1, -0.05) is 199 Å². The van der Waals surface area contributed by atoms with Crippen LogP contribution in [-0.2, 0) is 4.79 Å². The Bertz CT molecular complexity index is 797. The third-order valence-corrected chi connectivity index (χ3v) is 10.9. The van der Waals surface area contributed by atoms with E-state index in [1.807, 2.05) is 0 Å². The number of hydrogen-bond acceptors (Lipinski definition) is 7. The zero-order chi connectivity index (χ0) is 39.2. The number of hydrogen-bond donors (Lipinski definition) is 6. The minimum atomic E-state index is -1.72. The van der Waals surface area contributed by atoms with Gasteiger partial charge in [0.1, 0.15) is 12.2 Å². The summed E-state index contributed by atoms with van der Waals surface area (Å²) in [5.74, 6) is -0.863. The summed E-state index contributed by atoms with van der Waals surface area (Å²) < 4.78 is 0. The molecule has 8 heteroatoms. The van der Waals surface area contributed by atoms with Gasteiger partial charge in [-0.15, -0.1) is 0 Å². The van der Waals surface area contributed by atoms with Gasteiger partial charge in [0, 0.05) is 0 Å². The van der Waals surface area contributed by atoms with Crippen molar-refractivity contribution in [2.24, 2.45) is 0 Å². The average Bonchev–Trinajstić information content (AvgIpc) is 3.16. The van der Waals surface area contributed by atoms with Crippen molar-refractivity contribution >= 4 is 5.91 Å². The van der Waals surface area contributed by atoms with Crippen LogP contribution in [0.15, 0.2) is 12.2 Å². The Morgan fingerprint density at radius 3 is 1.21 bits per heavy atom. The Balaban J connectivity index is 4.20. The maximum atomic E-state index is 13.2. The third-order valence-electron chi connectivity index (χ3n) is 10.9. The third kappa shape index (κ3) is 29.9. The van der Waals surface area contributed by atoms with E-state index in [0.717, 1.165) is 37.0 Å². The van der Waals surface area contributed by atoms with E-state index in [2.05, 4.69) is 26.0 Å². The van der Waals surface area contributed by atoms with Crippen molar-refractivity contribution in [3.8, 4) is 0 Å². The number of rotatable bonds is 41. The number of amides is 1. The van der Waals surface area contributed by atoms with Crippen LogP contribution >= 0.6 is 0 Å². The van der Waals surface area contributed by atoms with Gasteiger partial charge in [0.15, 0.2) is 6.23 Å². The standard InChI is InChI=1S/C45H89NO7/c1-3-5-7-9-11-13-15-17-18-19-20-21-22-23-25-26-28-30-32-34-36-41(49)44(52)40(38-47)46(43(51)39-48)45(53)42(50)37-35-33-31-29-27-24-16-14-12-10-8-6-4-2/h28,30,40-44,47-52H,3-27,29,31-39H2,1-2H3/b30-28+/t40?,41-,42-,43?,44+/m1/s1. The van der Waals surface area contributed by atoms with E-state index in [1.165, 1.54) is 154 Å². The van der Waals surface area contributed by atoms with Crippen LogP contribution < -0.4 is 0 Å². The number of carbonyl (C=O) groups excluding carboxylic acids is 1. The zero-order valence-electron chi connectivity index (χ0n) is 34.8. The molecule has 0 aromatic carbocycles. The molecule has 0 heterocycles. The van der Waals surface area contributed by atoms with Crippen LogP contribution in [0.3, 0.4) is 0 Å². The highest BCUT2D eigenvalue weighted by Gasteiger charge is 2.38. The van der Waals surface area contributed by atoms with Gasteiger partial charge >= 0.3 is 0 Å². The van der Waals surface area contributed by atoms with E-state index in [-0.39, 0.29) is 12.8 Å². The molecule has 1 amide bonds. The van der Waals surface area contributed by atoms with Gasteiger partial charge < -0.3 is 35.5 Å². The molecule has 0 radical (unpaired) electrons. The molecule has 0 fully saturated rings. The molecule has 0 bridgehead atoms. The lowest BCUT2D eigenvalue weighted by molar-refractivity contribution is -0.171. The molecule has 0 spiro atoms. The summed E-state index contributed by atoms with van der Waals surface area (Å²) in [5.41, 5.74) is 0. The van der Waals surface area contributed by atoms with Gasteiger partial charge in [-0.25, -0.2) is 0 Å². The highest BCUT2D eigenvalue weighted by molar-refractivity contribution is 5.81. The van der Waals surface area contributed by atoms with Gasteiger partial charge in [-0.2, -0.15) is 0 Å². The SMILES string of the molecule is CCCCCCCCCCCCCCCCC/C=C/CCC[C@@H](O)[C@@H](O)C(CO)N(C(=O)[C@H](O)CCCCCCCCCCCCCCC)C(O)CO. The molecule has 0 aliphatic rings. The molecule has 53 heavy (non-hydrogen) atoms. The Morgan fingerprint density at radius 2 is 0.830 bits per heavy atom. The highest BCUT2D eigenvalue weighted by Crippen LogP contribution is 2.20. The van der Waals surface area contributed by atoms with Gasteiger partial charge in [-0.3, -0.25) is 4.79 Å². The molecule has 6 N–H and O–H groups in total. The minimum Gasteiger partial charge on any atom is -0.394 e. The van der Waals surface area contributed by atoms with Crippen LogP contribution in [0.4, 0.5) is 0 Å². The molecule has 0 rings (SSSR count). The van der Waals surface area contributed by atoms with E-state index in [1.54, 1.807) is 0 Å². The summed E-state index contributed by atoms with van der Waals surface area (Å²) in [7, 11) is 0. The summed E-state index contributed by atoms with van der Waals surface area (Å²) in [5, 5.41) is 62.4. The molecular weight excluding hydrogens is 666 g/mol. The first-order valence-corrected chi connectivity index (χ1v) is 22.8. The fourth-order valence-corrected chi connectivity index (χ4v) is 7.37. The topological polar surface area (TPSA) is 142 Å². The van der Waals surface area contributed by atoms with Crippen LogP contribution in [0.2, 0.25) is 0 Å². The maximum Gasteiger partial charge on any atom is 0.253 e. The van der Waals surface area contributed by atoms with Crippen molar-refractivity contribution in [3.63, 3.8) is 0 Å². The first-order valence-electron chi connectivity index (χ1n) is 22.8. The molecule has 0 aromatic rings. The van der Waals surface area contributed by atoms with Gasteiger partial charge in [0.05, 0.1) is 25.4 Å². The van der Waals surface area contributed by atoms with Crippen molar-refractivity contribution in [1.82, 2.24) is 4.90 Å². The van der Waals surface area contributed by atoms with E-state index < -0.39 is 49.7 Å². The quantitative estimate of drug-likeness (QED) is 0.0207. The van der Waals surface area contributed by atoms with Gasteiger partial charge in [0.25, 0.3) is 5.91 Å². The lowest BCUT2D eigenvalue weighted by Gasteiger charge is -2.38. The van der Waals surface area contributed by atoms with Crippen molar-refractivity contribution < 1.29 is 35.4 Å². The average molecular weight is 756 g/mol. The summed E-state index contributed by atoms with van der Waals surface area (Å²) in [4.78, 5) is 13.9. The van der Waals surface area contributed by atoms with E-state index in [9.17, 15) is 35.4 Å². The Morgan fingerprint density at radius 1 is 0.472 bits per heavy atom. The van der Waals surface area contributed by atoms with Crippen LogP contribution in [0.25, 0.3) is 0 Å². The Kier molecular flexibility index (Phi) is 38.5. The van der Waals surface area contributed by atoms with Crippen LogP contribution in [0.5, 0.6) is 0 Å². The van der Waals surface area contributed by atoms with Crippen molar-refractivity contribution in [2.45, 2.75) is 256 Å². The normalized spacial score (nSPS) is 14.8. The number of carbonyl (C=O) groups is 1. The predicted molar refractivity (Wildman–Crippen MR) is 222 cm³/mol. The number of allylic oxidation sites excluding steroid dienone is 2. The largest absolute Gasteiger partial charge is 0.394 e. The molecule has 0 aliphatic heterocycles. The lowest BCUT2D eigenvalue weighted by atomic mass is 9.98. The number of aliphatic hydroxyl groups is 6. The Labute approximate surface area is 327 Å². The van der Waals surface area contributed by atoms with Crippen molar-refractivity contribution in [3.05, 3.63) is 12.2 Å². The molecule has 5 atom stereocenters. The second-order valence-corrected chi connectivity index (χ2v) is 15.9. The lowest BCUT2D eigenvalue weighted by Crippen LogP contribution is -2.59. The molecule has 0 saturated carbocycles. The van der Waals surface area contributed by atoms with E-state index in [0.29, 0.717) is 12.8 Å². The number of aliphatic hydroxyl groups excluding tert-OH is 6. The maximum absolute atomic E-state index is 13.2. The van der Waals surface area contributed by atoms with Crippen LogP contribution in [-0.4, -0.2) is 85.2 Å². The van der Waals surface area contributed by atoms with Gasteiger partial charge in [0.2, 0.25) is 0 Å². The number of nitrogens with zero attached hydrogens (tertiary/aromatic N) is 1. The summed E-state index contributed by atoms with van der Waals surface area (Å²) in [6.07, 6.45) is 36.8. The summed E-state index contributed by atoms with van der Waals surface area (Å²) >= 11 is 0. The van der Waals surface area contributed by atoms with Crippen molar-refractivity contribution in [2.75, 3.05) is 13.2 Å². The molecule has 0 saturated heterocycles. The summed E-state index contributed by atoms with van der Waals surface area (Å²) in [6.45, 7) is 2.96. The molecule has 316 valence electrons. The second-order valence-electron chi connectivity index (χ2n) is 15.9. The first kappa shape index (κ1) is 52.0. The number of unbranched alkanes of at least 4 members (excludes halogenated alkanes) is 28. The van der Waals surface area contributed by atoms with Gasteiger partial charge in [-0.05, 0) is 38.5 Å². The second kappa shape index (κ2) is 39.2. The fraction of sp³-hybridized carbons (Fsp3) is 0.933. The summed E-state index contributed by atoms with van der Waals surface area (Å²) in [6, 6.07) is -1.36. The van der Waals surface area contributed by atoms with Crippen LogP contribution in [0.1, 0.15) is 226 Å². The Hall–Kier alpha value is -1.03. The monoisotopic (exact) mass is 756 g/mol. The van der Waals surface area contributed by atoms with Crippen LogP contribution in [0, 0.1) is 0 Å². The molecule has 0 aliphatic carbocycles. The first-order chi connectivity index (χ1) is 25.8. The molecular formula is C45H89NO7. The minimum absolute atomic E-state index is 0.188. The molecule has 2 unspecified atom stereocenters. The van der Waals surface area contributed by atoms with E-state index >= 15 is 0 Å². The molecule has 8 nitrogen and oxygen atoms in total. The highest BCUT2D eigenvalue weighted by atomic mass is 16.4. The molecule has 0 aromatic heterocycles. The smallest absolute Gasteiger partial charge is 0.253 e. The predicted octanol–water partition coefficient (Wildman–Crippen LogP) is 10.0.